The van der Waals surface area contributed by atoms with E-state index in [1.165, 1.54) is 0 Å². The summed E-state index contributed by atoms with van der Waals surface area (Å²) in [5.41, 5.74) is 1.22. The molecule has 1 atom stereocenters. The summed E-state index contributed by atoms with van der Waals surface area (Å²) >= 11 is 0. The molecule has 152 valence electrons. The van der Waals surface area contributed by atoms with Gasteiger partial charge in [0.1, 0.15) is 5.82 Å². The largest absolute Gasteiger partial charge is 0.329 e. The molecule has 0 aliphatic rings. The fourth-order valence-corrected chi connectivity index (χ4v) is 4.03. The highest BCUT2D eigenvalue weighted by atomic mass is 16.2. The molecule has 0 spiro atoms. The first kappa shape index (κ1) is 19.8. The van der Waals surface area contributed by atoms with Crippen LogP contribution in [-0.2, 0) is 7.05 Å². The summed E-state index contributed by atoms with van der Waals surface area (Å²) in [5, 5.41) is 2.54. The van der Waals surface area contributed by atoms with Gasteiger partial charge in [-0.3, -0.25) is 14.2 Å². The molecule has 4 rings (SSSR count). The molecule has 0 aliphatic heterocycles. The molecule has 0 saturated heterocycles. The van der Waals surface area contributed by atoms with Crippen LogP contribution in [0, 0.1) is 0 Å². The van der Waals surface area contributed by atoms with Gasteiger partial charge >= 0.3 is 0 Å². The highest BCUT2D eigenvalue weighted by molar-refractivity contribution is 6.07. The molecule has 1 heterocycles. The number of nitrogens with zero attached hydrogens (tertiary/aromatic N) is 3. The van der Waals surface area contributed by atoms with Crippen LogP contribution < -0.4 is 5.56 Å². The second-order valence-corrected chi connectivity index (χ2v) is 7.55. The molecule has 5 heteroatoms. The average Bonchev–Trinajstić information content (AvgIpc) is 2.78. The van der Waals surface area contributed by atoms with Gasteiger partial charge in [0, 0.05) is 19.2 Å². The maximum Gasteiger partial charge on any atom is 0.261 e. The van der Waals surface area contributed by atoms with E-state index in [1.54, 1.807) is 17.7 Å². The van der Waals surface area contributed by atoms with Gasteiger partial charge in [-0.2, -0.15) is 0 Å². The quantitative estimate of drug-likeness (QED) is 0.489. The molecule has 0 bridgehead atoms. The second kappa shape index (κ2) is 8.11. The van der Waals surface area contributed by atoms with E-state index in [2.05, 4.69) is 0 Å². The second-order valence-electron chi connectivity index (χ2n) is 7.55. The van der Waals surface area contributed by atoms with Crippen molar-refractivity contribution in [1.82, 2.24) is 14.5 Å². The first-order valence-corrected chi connectivity index (χ1v) is 10.3. The molecule has 4 aromatic rings. The lowest BCUT2D eigenvalue weighted by molar-refractivity contribution is 0.0682. The van der Waals surface area contributed by atoms with Gasteiger partial charge in [0.05, 0.1) is 16.9 Å². The van der Waals surface area contributed by atoms with E-state index in [9.17, 15) is 9.59 Å². The van der Waals surface area contributed by atoms with Gasteiger partial charge in [-0.05, 0) is 42.3 Å². The van der Waals surface area contributed by atoms with Crippen LogP contribution in [0.2, 0.25) is 0 Å². The van der Waals surface area contributed by atoms with Gasteiger partial charge < -0.3 is 4.90 Å². The van der Waals surface area contributed by atoms with E-state index in [4.69, 9.17) is 4.98 Å². The number of hydrogen-bond acceptors (Lipinski definition) is 3. The number of para-hydroxylation sites is 1. The van der Waals surface area contributed by atoms with Crippen LogP contribution in [0.4, 0.5) is 0 Å². The smallest absolute Gasteiger partial charge is 0.261 e. The zero-order chi connectivity index (χ0) is 21.3. The SMILES string of the molecule is CCCN(C(=O)c1cccc2ccccc12)C(C)c1nc2ccccc2c(=O)n1C. The minimum absolute atomic E-state index is 0.0523. The highest BCUT2D eigenvalue weighted by Crippen LogP contribution is 2.25. The lowest BCUT2D eigenvalue weighted by atomic mass is 10.0. The Balaban J connectivity index is 1.81. The van der Waals surface area contributed by atoms with E-state index in [0.717, 1.165) is 17.2 Å². The summed E-state index contributed by atoms with van der Waals surface area (Å²) in [6.45, 7) is 4.56. The van der Waals surface area contributed by atoms with Crippen LogP contribution in [0.5, 0.6) is 0 Å². The number of aromatic nitrogens is 2. The minimum Gasteiger partial charge on any atom is -0.329 e. The van der Waals surface area contributed by atoms with E-state index in [1.807, 2.05) is 79.4 Å². The maximum absolute atomic E-state index is 13.6. The molecule has 30 heavy (non-hydrogen) atoms. The molecular weight excluding hydrogens is 374 g/mol. The Kier molecular flexibility index (Phi) is 5.36. The topological polar surface area (TPSA) is 55.2 Å². The molecular formula is C25H25N3O2. The van der Waals surface area contributed by atoms with Crippen LogP contribution in [0.15, 0.2) is 71.5 Å². The fraction of sp³-hybridized carbons (Fsp3) is 0.240. The number of benzene rings is 3. The Bertz CT molecular complexity index is 1290. The molecule has 0 aliphatic carbocycles. The minimum atomic E-state index is -0.348. The number of rotatable bonds is 5. The Hall–Kier alpha value is -3.47. The normalized spacial score (nSPS) is 12.2. The van der Waals surface area contributed by atoms with E-state index >= 15 is 0 Å². The molecule has 0 fully saturated rings. The summed E-state index contributed by atoms with van der Waals surface area (Å²) in [6.07, 6.45) is 0.808. The summed E-state index contributed by atoms with van der Waals surface area (Å²) in [6, 6.07) is 20.7. The van der Waals surface area contributed by atoms with Crippen molar-refractivity contribution in [2.75, 3.05) is 6.54 Å². The van der Waals surface area contributed by atoms with Gasteiger partial charge in [-0.15, -0.1) is 0 Å². The molecule has 0 N–H and O–H groups in total. The van der Waals surface area contributed by atoms with Crippen LogP contribution in [0.25, 0.3) is 21.7 Å². The van der Waals surface area contributed by atoms with Gasteiger partial charge in [0.15, 0.2) is 0 Å². The van der Waals surface area contributed by atoms with Crippen molar-refractivity contribution in [2.45, 2.75) is 26.3 Å². The monoisotopic (exact) mass is 399 g/mol. The van der Waals surface area contributed by atoms with Gasteiger partial charge in [-0.1, -0.05) is 55.5 Å². The fourth-order valence-electron chi connectivity index (χ4n) is 4.03. The molecule has 5 nitrogen and oxygen atoms in total. The molecule has 0 saturated carbocycles. The van der Waals surface area contributed by atoms with Crippen molar-refractivity contribution < 1.29 is 4.79 Å². The summed E-state index contributed by atoms with van der Waals surface area (Å²) in [7, 11) is 1.72. The maximum atomic E-state index is 13.6. The van der Waals surface area contributed by atoms with Crippen LogP contribution in [0.1, 0.15) is 42.5 Å². The summed E-state index contributed by atoms with van der Waals surface area (Å²) in [5.74, 6) is 0.532. The van der Waals surface area contributed by atoms with Gasteiger partial charge in [0.25, 0.3) is 11.5 Å². The van der Waals surface area contributed by atoms with Crippen molar-refractivity contribution in [2.24, 2.45) is 7.05 Å². The van der Waals surface area contributed by atoms with Crippen molar-refractivity contribution in [3.8, 4) is 0 Å². The highest BCUT2D eigenvalue weighted by Gasteiger charge is 2.26. The Morgan fingerprint density at radius 3 is 2.43 bits per heavy atom. The summed E-state index contributed by atoms with van der Waals surface area (Å²) < 4.78 is 1.56. The average molecular weight is 399 g/mol. The van der Waals surface area contributed by atoms with E-state index in [-0.39, 0.29) is 17.5 Å². The first-order chi connectivity index (χ1) is 14.5. The Morgan fingerprint density at radius 2 is 1.67 bits per heavy atom. The van der Waals surface area contributed by atoms with Crippen molar-refractivity contribution in [1.29, 1.82) is 0 Å². The lowest BCUT2D eigenvalue weighted by Gasteiger charge is -2.30. The van der Waals surface area contributed by atoms with Crippen LogP contribution in [-0.4, -0.2) is 26.9 Å². The lowest BCUT2D eigenvalue weighted by Crippen LogP contribution is -2.37. The van der Waals surface area contributed by atoms with E-state index in [0.29, 0.717) is 28.8 Å². The number of carbonyl (C=O) groups is 1. The zero-order valence-corrected chi connectivity index (χ0v) is 17.5. The van der Waals surface area contributed by atoms with Crippen molar-refractivity contribution in [3.05, 3.63) is 88.5 Å². The van der Waals surface area contributed by atoms with Gasteiger partial charge in [-0.25, -0.2) is 4.98 Å². The van der Waals surface area contributed by atoms with Crippen molar-refractivity contribution >= 4 is 27.6 Å². The molecule has 1 aromatic heterocycles. The first-order valence-electron chi connectivity index (χ1n) is 10.3. The Labute approximate surface area is 175 Å². The zero-order valence-electron chi connectivity index (χ0n) is 17.5. The third-order valence-corrected chi connectivity index (χ3v) is 5.60. The third kappa shape index (κ3) is 3.36. The van der Waals surface area contributed by atoms with Crippen LogP contribution >= 0.6 is 0 Å². The predicted octanol–water partition coefficient (Wildman–Crippen LogP) is 4.70. The third-order valence-electron chi connectivity index (χ3n) is 5.60. The number of hydrogen-bond donors (Lipinski definition) is 0. The summed E-state index contributed by atoms with van der Waals surface area (Å²) in [4.78, 5) is 33.1. The number of carbonyl (C=O) groups excluding carboxylic acids is 1. The molecule has 0 radical (unpaired) electrons. The Morgan fingerprint density at radius 1 is 1.00 bits per heavy atom. The van der Waals surface area contributed by atoms with Crippen molar-refractivity contribution in [3.63, 3.8) is 0 Å². The predicted molar refractivity (Wildman–Crippen MR) is 121 cm³/mol. The molecule has 1 amide bonds. The number of fused-ring (bicyclic) bond motifs is 2. The van der Waals surface area contributed by atoms with Gasteiger partial charge in [0.2, 0.25) is 0 Å². The molecule has 1 unspecified atom stereocenters. The molecule has 3 aromatic carbocycles. The standard InChI is InChI=1S/C25H25N3O2/c1-4-16-28(25(30)20-14-9-11-18-10-5-6-12-19(18)20)17(2)23-26-22-15-8-7-13-21(22)24(29)27(23)3/h5-15,17H,4,16H2,1-3H3. The number of amides is 1. The van der Waals surface area contributed by atoms with E-state index < -0.39 is 0 Å². The van der Waals surface area contributed by atoms with Crippen LogP contribution in [0.3, 0.4) is 0 Å².